The molecule has 0 aromatic heterocycles. The number of hydrazine groups is 1. The van der Waals surface area contributed by atoms with E-state index in [1.54, 1.807) is 0 Å². The van der Waals surface area contributed by atoms with E-state index in [0.29, 0.717) is 0 Å². The summed E-state index contributed by atoms with van der Waals surface area (Å²) >= 11 is 0. The Morgan fingerprint density at radius 2 is 1.50 bits per heavy atom. The average molecular weight is 221 g/mol. The largest absolute Gasteiger partial charge is 0.435 e. The minimum absolute atomic E-state index is 1.13. The number of nitrogens with zero attached hydrogens (tertiary/aromatic N) is 1. The van der Waals surface area contributed by atoms with E-state index in [2.05, 4.69) is 17.5 Å². The summed E-state index contributed by atoms with van der Waals surface area (Å²) in [5.41, 5.74) is -3.18. The molecule has 0 unspecified atom stereocenters. The minimum atomic E-state index is -5.26. The van der Waals surface area contributed by atoms with Gasteiger partial charge in [-0.2, -0.15) is 31.4 Å². The smallest absolute Gasteiger partial charge is 0.245 e. The van der Waals surface area contributed by atoms with Crippen LogP contribution in [0.5, 0.6) is 0 Å². The second-order valence-corrected chi connectivity index (χ2v) is 2.06. The molecule has 3 N–H and O–H groups in total. The van der Waals surface area contributed by atoms with Gasteiger partial charge in [0.15, 0.2) is 5.71 Å². The zero-order valence-electron chi connectivity index (χ0n) is 6.50. The van der Waals surface area contributed by atoms with Crippen LogP contribution in [-0.4, -0.2) is 18.1 Å². The topological polar surface area (TPSA) is 50.4 Å². The fraction of sp³-hybridized carbons (Fsp3) is 0.400. The van der Waals surface area contributed by atoms with Gasteiger partial charge in [-0.15, -0.1) is 0 Å². The van der Waals surface area contributed by atoms with Crippen LogP contribution >= 0.6 is 0 Å². The number of hydrogen-bond donors (Lipinski definition) is 2. The van der Waals surface area contributed by atoms with E-state index in [-0.39, 0.29) is 0 Å². The quantitative estimate of drug-likeness (QED) is 0.321. The van der Waals surface area contributed by atoms with Crippen molar-refractivity contribution in [3.05, 3.63) is 12.2 Å². The van der Waals surface area contributed by atoms with Crippen molar-refractivity contribution in [3.8, 4) is 0 Å². The number of allylic oxidation sites excluding steroid dienone is 1. The Bertz CT molecular complexity index is 249. The molecule has 0 atom stereocenters. The molecule has 14 heavy (non-hydrogen) atoms. The first-order valence-corrected chi connectivity index (χ1v) is 2.97. The summed E-state index contributed by atoms with van der Waals surface area (Å²) in [4.78, 5) is 0. The molecule has 0 radical (unpaired) electrons. The fourth-order valence-corrected chi connectivity index (χ4v) is 0.501. The second kappa shape index (κ2) is 3.86. The summed E-state index contributed by atoms with van der Waals surface area (Å²) in [7, 11) is 0. The van der Waals surface area contributed by atoms with Gasteiger partial charge in [-0.05, 0) is 0 Å². The van der Waals surface area contributed by atoms with E-state index in [0.717, 1.165) is 5.53 Å². The molecule has 0 saturated carbocycles. The third kappa shape index (κ3) is 3.24. The summed E-state index contributed by atoms with van der Waals surface area (Å²) < 4.78 is 71.1. The first-order valence-electron chi connectivity index (χ1n) is 2.97. The van der Waals surface area contributed by atoms with Crippen LogP contribution in [0.25, 0.3) is 0 Å². The molecule has 0 aliphatic heterocycles. The minimum Gasteiger partial charge on any atom is -0.245 e. The molecule has 0 aliphatic carbocycles. The molecule has 0 fully saturated rings. The number of nitrogens with one attached hydrogen (secondary N) is 1. The first kappa shape index (κ1) is 12.8. The normalized spacial score (nSPS) is 14.1. The Hall–Kier alpha value is -1.25. The molecule has 0 bridgehead atoms. The molecule has 0 aromatic carbocycles. The Labute approximate surface area is 74.2 Å². The van der Waals surface area contributed by atoms with Crippen LogP contribution < -0.4 is 11.4 Å². The Balaban J connectivity index is 5.08. The zero-order chi connectivity index (χ0) is 11.6. The van der Waals surface area contributed by atoms with Crippen molar-refractivity contribution in [1.29, 1.82) is 0 Å². The lowest BCUT2D eigenvalue weighted by atomic mass is 10.1. The zero-order valence-corrected chi connectivity index (χ0v) is 6.50. The van der Waals surface area contributed by atoms with Gasteiger partial charge in [0.1, 0.15) is 0 Å². The van der Waals surface area contributed by atoms with Crippen molar-refractivity contribution in [2.75, 3.05) is 0 Å². The first-order chi connectivity index (χ1) is 6.10. The molecule has 0 saturated heterocycles. The summed E-state index contributed by atoms with van der Waals surface area (Å²) in [5.74, 6) is 4.36. The highest BCUT2D eigenvalue weighted by molar-refractivity contribution is 6.04. The molecule has 82 valence electrons. The Morgan fingerprint density at radius 1 is 1.07 bits per heavy atom. The molecular weight excluding hydrogens is 216 g/mol. The maximum atomic E-state index is 11.9. The Morgan fingerprint density at radius 3 is 1.71 bits per heavy atom. The maximum Gasteiger partial charge on any atom is 0.435 e. The van der Waals surface area contributed by atoms with Crippen molar-refractivity contribution in [2.24, 2.45) is 10.9 Å². The molecular formula is C5H5F6N3. The lowest BCUT2D eigenvalue weighted by molar-refractivity contribution is -0.0963. The van der Waals surface area contributed by atoms with E-state index in [9.17, 15) is 26.3 Å². The van der Waals surface area contributed by atoms with Crippen molar-refractivity contribution in [1.82, 2.24) is 5.53 Å². The Kier molecular flexibility index (Phi) is 3.52. The van der Waals surface area contributed by atoms with Crippen molar-refractivity contribution in [3.63, 3.8) is 0 Å². The number of halogens is 6. The molecule has 3 nitrogen and oxygen atoms in total. The molecule has 9 heteroatoms. The highest BCUT2D eigenvalue weighted by Crippen LogP contribution is 2.31. The van der Waals surface area contributed by atoms with E-state index in [1.165, 1.54) is 0 Å². The van der Waals surface area contributed by atoms with Gasteiger partial charge >= 0.3 is 12.4 Å². The van der Waals surface area contributed by atoms with Crippen molar-refractivity contribution >= 4 is 5.71 Å². The molecule has 0 amide bonds. The standard InChI is InChI=1S/C5H5F6N3/c1-2(4(6,7)8)3(13-14-12)5(9,10)11/h14H,1,12H2/b13-3+. The lowest BCUT2D eigenvalue weighted by Gasteiger charge is -2.14. The van der Waals surface area contributed by atoms with Crippen LogP contribution in [0.4, 0.5) is 26.3 Å². The van der Waals surface area contributed by atoms with Gasteiger partial charge in [0.25, 0.3) is 0 Å². The van der Waals surface area contributed by atoms with Crippen LogP contribution in [0, 0.1) is 0 Å². The summed E-state index contributed by atoms with van der Waals surface area (Å²) in [6, 6.07) is 0. The SMILES string of the molecule is C=C(/C(=N\NN)C(F)(F)F)C(F)(F)F. The van der Waals surface area contributed by atoms with Crippen LogP contribution in [0.15, 0.2) is 17.3 Å². The molecule has 0 aromatic rings. The van der Waals surface area contributed by atoms with Gasteiger partial charge in [-0.1, -0.05) is 6.58 Å². The number of nitrogens with two attached hydrogens (primary N) is 1. The average Bonchev–Trinajstić information content (AvgIpc) is 1.94. The highest BCUT2D eigenvalue weighted by atomic mass is 19.4. The summed E-state index contributed by atoms with van der Waals surface area (Å²) in [6.07, 6.45) is -10.5. The van der Waals surface area contributed by atoms with Crippen LogP contribution in [0.3, 0.4) is 0 Å². The van der Waals surface area contributed by atoms with Crippen LogP contribution in [0.2, 0.25) is 0 Å². The molecule has 0 heterocycles. The van der Waals surface area contributed by atoms with E-state index >= 15 is 0 Å². The van der Waals surface area contributed by atoms with E-state index < -0.39 is 23.6 Å². The van der Waals surface area contributed by atoms with Gasteiger partial charge in [-0.25, -0.2) is 11.4 Å². The van der Waals surface area contributed by atoms with Crippen molar-refractivity contribution < 1.29 is 26.3 Å². The fourth-order valence-electron chi connectivity index (χ4n) is 0.501. The summed E-state index contributed by atoms with van der Waals surface area (Å²) in [6.45, 7) is 2.24. The van der Waals surface area contributed by atoms with Crippen LogP contribution in [0.1, 0.15) is 0 Å². The van der Waals surface area contributed by atoms with Gasteiger partial charge in [0.2, 0.25) is 0 Å². The second-order valence-electron chi connectivity index (χ2n) is 2.06. The van der Waals surface area contributed by atoms with Crippen LogP contribution in [-0.2, 0) is 0 Å². The number of hydrogen-bond acceptors (Lipinski definition) is 3. The molecule has 0 rings (SSSR count). The van der Waals surface area contributed by atoms with Crippen molar-refractivity contribution in [2.45, 2.75) is 12.4 Å². The summed E-state index contributed by atoms with van der Waals surface area (Å²) in [5, 5.41) is 2.26. The maximum absolute atomic E-state index is 11.9. The van der Waals surface area contributed by atoms with Gasteiger partial charge in [-0.3, -0.25) is 0 Å². The number of rotatable bonds is 2. The predicted molar refractivity (Wildman–Crippen MR) is 36.0 cm³/mol. The van der Waals surface area contributed by atoms with E-state index in [4.69, 9.17) is 0 Å². The highest BCUT2D eigenvalue weighted by Gasteiger charge is 2.47. The van der Waals surface area contributed by atoms with Gasteiger partial charge < -0.3 is 0 Å². The predicted octanol–water partition coefficient (Wildman–Crippen LogP) is 1.49. The molecule has 0 aliphatic rings. The third-order valence-electron chi connectivity index (χ3n) is 1.07. The lowest BCUT2D eigenvalue weighted by Crippen LogP contribution is -2.34. The van der Waals surface area contributed by atoms with Gasteiger partial charge in [0, 0.05) is 0 Å². The third-order valence-corrected chi connectivity index (χ3v) is 1.07. The monoisotopic (exact) mass is 221 g/mol. The van der Waals surface area contributed by atoms with E-state index in [1.807, 2.05) is 0 Å². The molecule has 0 spiro atoms. The van der Waals surface area contributed by atoms with Gasteiger partial charge in [0.05, 0.1) is 5.57 Å². The number of hydrazone groups is 1. The number of alkyl halides is 6.